The average molecular weight is 497 g/mol. The van der Waals surface area contributed by atoms with Gasteiger partial charge in [0, 0.05) is 37.0 Å². The average Bonchev–Trinajstić information content (AvgIpc) is 3.23. The highest BCUT2D eigenvalue weighted by Crippen LogP contribution is 2.65. The van der Waals surface area contributed by atoms with Crippen molar-refractivity contribution in [2.45, 2.75) is 69.5 Å². The number of ketones is 1. The highest BCUT2D eigenvalue weighted by atomic mass is 35.5. The molecule has 9 nitrogen and oxygen atoms in total. The minimum Gasteiger partial charge on any atom is -0.459 e. The van der Waals surface area contributed by atoms with Crippen LogP contribution in [0.1, 0.15) is 34.6 Å². The summed E-state index contributed by atoms with van der Waals surface area (Å²) < 4.78 is 16.8. The third-order valence-electron chi connectivity index (χ3n) is 8.36. The Labute approximate surface area is 202 Å². The van der Waals surface area contributed by atoms with Crippen molar-refractivity contribution >= 4 is 35.3 Å². The molecule has 2 saturated carbocycles. The van der Waals surface area contributed by atoms with Gasteiger partial charge in [0.1, 0.15) is 17.8 Å². The summed E-state index contributed by atoms with van der Waals surface area (Å²) in [5.74, 6) is -6.73. The zero-order chi connectivity index (χ0) is 25.5. The van der Waals surface area contributed by atoms with Gasteiger partial charge >= 0.3 is 17.9 Å². The minimum atomic E-state index is -2.22. The van der Waals surface area contributed by atoms with Gasteiger partial charge in [-0.1, -0.05) is 25.7 Å². The summed E-state index contributed by atoms with van der Waals surface area (Å²) in [5.41, 5.74) is -5.33. The number of halogens is 1. The number of rotatable bonds is 2. The van der Waals surface area contributed by atoms with Gasteiger partial charge in [-0.25, -0.2) is 0 Å². The quantitative estimate of drug-likeness (QED) is 0.249. The van der Waals surface area contributed by atoms with Crippen LogP contribution in [0.3, 0.4) is 0 Å². The van der Waals surface area contributed by atoms with E-state index in [0.29, 0.717) is 0 Å². The number of fused-ring (bicyclic) bond motifs is 1. The number of aliphatic hydroxyl groups is 2. The molecule has 0 bridgehead atoms. The van der Waals surface area contributed by atoms with Crippen LogP contribution < -0.4 is 0 Å². The number of Topliss-reactive ketones (excluding diaryl/α,β-unsaturated/α-hetero) is 1. The van der Waals surface area contributed by atoms with Crippen LogP contribution in [0.4, 0.5) is 0 Å². The van der Waals surface area contributed by atoms with Gasteiger partial charge in [0.2, 0.25) is 0 Å². The zero-order valence-electron chi connectivity index (χ0n) is 19.6. The second-order valence-corrected chi connectivity index (χ2v) is 10.7. The first-order chi connectivity index (χ1) is 15.6. The number of hydrogen-bond donors (Lipinski definition) is 2. The van der Waals surface area contributed by atoms with E-state index in [1.165, 1.54) is 20.8 Å². The second kappa shape index (κ2) is 7.63. The molecular formula is C24H29ClO9. The van der Waals surface area contributed by atoms with Gasteiger partial charge in [-0.15, -0.1) is 11.6 Å². The van der Waals surface area contributed by atoms with Crippen molar-refractivity contribution in [3.63, 3.8) is 0 Å². The lowest BCUT2D eigenvalue weighted by Gasteiger charge is -2.48. The largest absolute Gasteiger partial charge is 0.459 e. The summed E-state index contributed by atoms with van der Waals surface area (Å²) in [7, 11) is 0. The summed E-state index contributed by atoms with van der Waals surface area (Å²) >= 11 is 6.73. The first kappa shape index (κ1) is 24.9. The maximum absolute atomic E-state index is 13.4. The lowest BCUT2D eigenvalue weighted by atomic mass is 9.60. The van der Waals surface area contributed by atoms with Gasteiger partial charge < -0.3 is 24.4 Å². The molecule has 4 aliphatic rings. The molecule has 3 aliphatic carbocycles. The summed E-state index contributed by atoms with van der Waals surface area (Å²) in [5, 5.41) is 22.4. The van der Waals surface area contributed by atoms with Crippen molar-refractivity contribution in [3.05, 3.63) is 24.3 Å². The van der Waals surface area contributed by atoms with Crippen LogP contribution in [0.2, 0.25) is 0 Å². The van der Waals surface area contributed by atoms with E-state index < -0.39 is 87.7 Å². The fraction of sp³-hybridized carbons (Fsp3) is 0.667. The van der Waals surface area contributed by atoms with Gasteiger partial charge in [-0.2, -0.15) is 0 Å². The van der Waals surface area contributed by atoms with Crippen LogP contribution in [0.15, 0.2) is 24.3 Å². The molecule has 34 heavy (non-hydrogen) atoms. The number of allylic oxidation sites excluding steroid dienone is 1. The first-order valence-electron chi connectivity index (χ1n) is 11.2. The van der Waals surface area contributed by atoms with E-state index in [4.69, 9.17) is 25.8 Å². The molecule has 1 saturated heterocycles. The molecule has 3 fully saturated rings. The lowest BCUT2D eigenvalue weighted by molar-refractivity contribution is -0.212. The molecular weight excluding hydrogens is 468 g/mol. The van der Waals surface area contributed by atoms with E-state index in [2.05, 4.69) is 6.58 Å². The molecule has 0 radical (unpaired) electrons. The maximum atomic E-state index is 13.4. The Morgan fingerprint density at radius 3 is 2.26 bits per heavy atom. The van der Waals surface area contributed by atoms with Gasteiger partial charge in [-0.3, -0.25) is 19.2 Å². The predicted molar refractivity (Wildman–Crippen MR) is 117 cm³/mol. The van der Waals surface area contributed by atoms with E-state index in [1.807, 2.05) is 0 Å². The van der Waals surface area contributed by atoms with Crippen LogP contribution in [-0.2, 0) is 33.4 Å². The normalized spacial score (nSPS) is 49.5. The van der Waals surface area contributed by atoms with Gasteiger partial charge in [0.15, 0.2) is 17.5 Å². The van der Waals surface area contributed by atoms with Gasteiger partial charge in [0.05, 0.1) is 11.3 Å². The van der Waals surface area contributed by atoms with E-state index in [0.717, 1.165) is 6.92 Å². The highest BCUT2D eigenvalue weighted by molar-refractivity contribution is 6.23. The Morgan fingerprint density at radius 1 is 1.12 bits per heavy atom. The first-order valence-corrected chi connectivity index (χ1v) is 11.6. The summed E-state index contributed by atoms with van der Waals surface area (Å²) in [6.45, 7) is 10.8. The minimum absolute atomic E-state index is 0.153. The lowest BCUT2D eigenvalue weighted by Crippen LogP contribution is -2.64. The summed E-state index contributed by atoms with van der Waals surface area (Å²) in [6.07, 6.45) is -0.743. The van der Waals surface area contributed by atoms with Crippen molar-refractivity contribution in [3.8, 4) is 0 Å². The van der Waals surface area contributed by atoms with Gasteiger partial charge in [0.25, 0.3) is 0 Å². The molecule has 1 heterocycles. The van der Waals surface area contributed by atoms with Crippen molar-refractivity contribution in [1.82, 2.24) is 0 Å². The SMILES string of the molecule is C=C1C(Cl)C2OC(=O)C(C)C2(O)C(OC(C)=O)C2C(C)(O)C(=O)C3C=CC(C1OC(C)=O)C32C. The van der Waals surface area contributed by atoms with Crippen LogP contribution in [0.5, 0.6) is 0 Å². The summed E-state index contributed by atoms with van der Waals surface area (Å²) in [6, 6.07) is 0. The smallest absolute Gasteiger partial charge is 0.312 e. The molecule has 4 rings (SSSR count). The van der Waals surface area contributed by atoms with E-state index in [9.17, 15) is 29.4 Å². The van der Waals surface area contributed by atoms with Crippen molar-refractivity contribution in [1.29, 1.82) is 0 Å². The Hall–Kier alpha value is -2.23. The van der Waals surface area contributed by atoms with E-state index in [1.54, 1.807) is 19.1 Å². The number of esters is 3. The number of alkyl halides is 1. The van der Waals surface area contributed by atoms with Gasteiger partial charge in [-0.05, 0) is 19.4 Å². The molecule has 0 spiro atoms. The third kappa shape index (κ3) is 2.99. The molecule has 11 unspecified atom stereocenters. The topological polar surface area (TPSA) is 136 Å². The Balaban J connectivity index is 2.05. The maximum Gasteiger partial charge on any atom is 0.312 e. The molecule has 1 aliphatic heterocycles. The fourth-order valence-corrected chi connectivity index (χ4v) is 7.10. The number of carbonyl (C=O) groups is 4. The van der Waals surface area contributed by atoms with Crippen molar-refractivity contribution in [2.24, 2.45) is 29.1 Å². The predicted octanol–water partition coefficient (Wildman–Crippen LogP) is 1.08. The van der Waals surface area contributed by atoms with Crippen LogP contribution in [-0.4, -0.2) is 68.8 Å². The Bertz CT molecular complexity index is 1020. The number of ether oxygens (including phenoxy) is 3. The van der Waals surface area contributed by atoms with Crippen LogP contribution in [0, 0.1) is 29.1 Å². The third-order valence-corrected chi connectivity index (χ3v) is 8.87. The molecule has 10 heteroatoms. The molecule has 0 amide bonds. The summed E-state index contributed by atoms with van der Waals surface area (Å²) in [4.78, 5) is 50.5. The van der Waals surface area contributed by atoms with Crippen molar-refractivity contribution < 1.29 is 43.6 Å². The fourth-order valence-electron chi connectivity index (χ4n) is 6.72. The molecule has 0 aromatic heterocycles. The van der Waals surface area contributed by atoms with Crippen LogP contribution >= 0.6 is 11.6 Å². The van der Waals surface area contributed by atoms with Crippen molar-refractivity contribution in [2.75, 3.05) is 0 Å². The molecule has 0 aromatic carbocycles. The monoisotopic (exact) mass is 496 g/mol. The van der Waals surface area contributed by atoms with Crippen LogP contribution in [0.25, 0.3) is 0 Å². The molecule has 11 atom stereocenters. The highest BCUT2D eigenvalue weighted by Gasteiger charge is 2.76. The zero-order valence-corrected chi connectivity index (χ0v) is 20.4. The van der Waals surface area contributed by atoms with E-state index in [-0.39, 0.29) is 5.57 Å². The molecule has 0 aromatic rings. The second-order valence-electron chi connectivity index (χ2n) is 10.2. The number of carbonyl (C=O) groups excluding carboxylic acids is 4. The Kier molecular flexibility index (Phi) is 5.59. The standard InChI is InChI=1S/C24H29ClO9/c1-9-15(25)19-24(31,10(2)21(29)34-19)20(33-12(4)27)17-22(5)13(16(9)32-11(3)26)7-8-14(22)18(28)23(17,6)30/h7-8,10,13-17,19-20,30-31H,1H2,2-6H3. The molecule has 2 N–H and O–H groups in total. The number of hydrogen-bond acceptors (Lipinski definition) is 9. The molecule has 186 valence electrons. The van der Waals surface area contributed by atoms with E-state index >= 15 is 0 Å². The Morgan fingerprint density at radius 2 is 1.71 bits per heavy atom.